The van der Waals surface area contributed by atoms with Crippen LogP contribution in [-0.4, -0.2) is 72.6 Å². The topological polar surface area (TPSA) is 56.3 Å². The molecule has 25 heavy (non-hydrogen) atoms. The van der Waals surface area contributed by atoms with Gasteiger partial charge in [0.25, 0.3) is 0 Å². The van der Waals surface area contributed by atoms with E-state index in [2.05, 4.69) is 51.1 Å². The van der Waals surface area contributed by atoms with Crippen molar-refractivity contribution >= 4 is 22.4 Å². The van der Waals surface area contributed by atoms with Gasteiger partial charge in [-0.15, -0.1) is 0 Å². The Labute approximate surface area is 149 Å². The predicted octanol–water partition coefficient (Wildman–Crippen LogP) is 1.87. The van der Waals surface area contributed by atoms with Gasteiger partial charge in [0.15, 0.2) is 0 Å². The summed E-state index contributed by atoms with van der Waals surface area (Å²) in [6.07, 6.45) is 1.63. The average Bonchev–Trinajstić information content (AvgIpc) is 2.61. The average molecular weight is 340 g/mol. The Balaban J connectivity index is 1.82. The standard InChI is InChI=1S/C19H28N6/c1-14(12-25-10-8-20-9-11-25)23-19-17-7-5-6-16(15(2)24(3)4)18(17)21-13-22-19/h5-7,13-14,20H,2,8-12H2,1,3-4H3,(H,21,22,23)/t14-/m0/s1. The van der Waals surface area contributed by atoms with E-state index in [0.717, 1.165) is 60.7 Å². The second kappa shape index (κ2) is 7.80. The van der Waals surface area contributed by atoms with Gasteiger partial charge in [-0.1, -0.05) is 18.7 Å². The van der Waals surface area contributed by atoms with E-state index in [0.29, 0.717) is 6.04 Å². The van der Waals surface area contributed by atoms with Crippen LogP contribution in [0.4, 0.5) is 5.82 Å². The lowest BCUT2D eigenvalue weighted by Gasteiger charge is -2.30. The van der Waals surface area contributed by atoms with Crippen LogP contribution in [0.1, 0.15) is 12.5 Å². The summed E-state index contributed by atoms with van der Waals surface area (Å²) in [5.41, 5.74) is 2.93. The highest BCUT2D eigenvalue weighted by atomic mass is 15.2. The van der Waals surface area contributed by atoms with Crippen LogP contribution in [0.3, 0.4) is 0 Å². The van der Waals surface area contributed by atoms with Crippen LogP contribution in [-0.2, 0) is 0 Å². The maximum absolute atomic E-state index is 4.51. The summed E-state index contributed by atoms with van der Waals surface area (Å²) in [5.74, 6) is 0.890. The number of anilines is 1. The first-order valence-electron chi connectivity index (χ1n) is 8.86. The number of fused-ring (bicyclic) bond motifs is 1. The van der Waals surface area contributed by atoms with Crippen LogP contribution in [0.5, 0.6) is 0 Å². The van der Waals surface area contributed by atoms with Crippen LogP contribution in [0.15, 0.2) is 31.1 Å². The van der Waals surface area contributed by atoms with Crippen LogP contribution in [0.25, 0.3) is 16.6 Å². The SMILES string of the molecule is C=C(c1cccc2c(N[C@@H](C)CN3CCNCC3)ncnc12)N(C)C. The Morgan fingerprint density at radius 2 is 2.08 bits per heavy atom. The van der Waals surface area contributed by atoms with Gasteiger partial charge in [-0.3, -0.25) is 4.90 Å². The van der Waals surface area contributed by atoms with E-state index >= 15 is 0 Å². The van der Waals surface area contributed by atoms with Gasteiger partial charge in [0, 0.05) is 69.5 Å². The zero-order chi connectivity index (χ0) is 17.8. The maximum Gasteiger partial charge on any atom is 0.137 e. The van der Waals surface area contributed by atoms with Gasteiger partial charge in [0.2, 0.25) is 0 Å². The van der Waals surface area contributed by atoms with Crippen molar-refractivity contribution in [3.63, 3.8) is 0 Å². The van der Waals surface area contributed by atoms with Crippen molar-refractivity contribution in [2.45, 2.75) is 13.0 Å². The van der Waals surface area contributed by atoms with Crippen molar-refractivity contribution in [2.24, 2.45) is 0 Å². The van der Waals surface area contributed by atoms with Gasteiger partial charge >= 0.3 is 0 Å². The number of piperazine rings is 1. The minimum Gasteiger partial charge on any atom is -0.378 e. The Morgan fingerprint density at radius 3 is 2.80 bits per heavy atom. The summed E-state index contributed by atoms with van der Waals surface area (Å²) in [4.78, 5) is 13.5. The fraction of sp³-hybridized carbons (Fsp3) is 0.474. The minimum absolute atomic E-state index is 0.317. The summed E-state index contributed by atoms with van der Waals surface area (Å²) in [6.45, 7) is 11.7. The van der Waals surface area contributed by atoms with Crippen molar-refractivity contribution < 1.29 is 0 Å². The molecule has 0 saturated carbocycles. The van der Waals surface area contributed by atoms with Crippen LogP contribution >= 0.6 is 0 Å². The minimum atomic E-state index is 0.317. The van der Waals surface area contributed by atoms with Crippen molar-refractivity contribution in [3.8, 4) is 0 Å². The van der Waals surface area contributed by atoms with E-state index in [4.69, 9.17) is 0 Å². The van der Waals surface area contributed by atoms with E-state index in [-0.39, 0.29) is 0 Å². The van der Waals surface area contributed by atoms with E-state index in [1.165, 1.54) is 0 Å². The zero-order valence-corrected chi connectivity index (χ0v) is 15.4. The normalized spacial score (nSPS) is 16.6. The van der Waals surface area contributed by atoms with Crippen molar-refractivity contribution in [1.29, 1.82) is 0 Å². The summed E-state index contributed by atoms with van der Waals surface area (Å²) in [7, 11) is 3.99. The third-order valence-electron chi connectivity index (χ3n) is 4.64. The maximum atomic E-state index is 4.51. The quantitative estimate of drug-likeness (QED) is 0.837. The molecule has 1 aromatic carbocycles. The first kappa shape index (κ1) is 17.6. The highest BCUT2D eigenvalue weighted by Crippen LogP contribution is 2.27. The van der Waals surface area contributed by atoms with Crippen LogP contribution in [0.2, 0.25) is 0 Å². The van der Waals surface area contributed by atoms with E-state index < -0.39 is 0 Å². The van der Waals surface area contributed by atoms with Gasteiger partial charge in [0.1, 0.15) is 12.1 Å². The molecule has 6 nitrogen and oxygen atoms in total. The lowest BCUT2D eigenvalue weighted by atomic mass is 10.1. The molecule has 0 aliphatic carbocycles. The number of rotatable bonds is 6. The van der Waals surface area contributed by atoms with Crippen LogP contribution < -0.4 is 10.6 Å². The van der Waals surface area contributed by atoms with Crippen LogP contribution in [0, 0.1) is 0 Å². The first-order valence-corrected chi connectivity index (χ1v) is 8.86. The third kappa shape index (κ3) is 4.08. The summed E-state index contributed by atoms with van der Waals surface area (Å²) in [6, 6.07) is 6.49. The van der Waals surface area contributed by atoms with Gasteiger partial charge in [-0.05, 0) is 13.0 Å². The predicted molar refractivity (Wildman–Crippen MR) is 105 cm³/mol. The van der Waals surface area contributed by atoms with Crippen molar-refractivity contribution in [3.05, 3.63) is 36.7 Å². The number of nitrogens with one attached hydrogen (secondary N) is 2. The molecular formula is C19H28N6. The summed E-state index contributed by atoms with van der Waals surface area (Å²) >= 11 is 0. The van der Waals surface area contributed by atoms with Crippen molar-refractivity contribution in [2.75, 3.05) is 52.1 Å². The molecule has 0 amide bonds. The molecule has 6 heteroatoms. The molecule has 0 spiro atoms. The second-order valence-corrected chi connectivity index (χ2v) is 6.86. The smallest absolute Gasteiger partial charge is 0.137 e. The Hall–Kier alpha value is -2.18. The molecule has 3 rings (SSSR count). The number of nitrogens with zero attached hydrogens (tertiary/aromatic N) is 4. The fourth-order valence-corrected chi connectivity index (χ4v) is 3.24. The molecule has 2 heterocycles. The number of para-hydroxylation sites is 1. The number of hydrogen-bond donors (Lipinski definition) is 2. The largest absolute Gasteiger partial charge is 0.378 e. The molecule has 0 radical (unpaired) electrons. The highest BCUT2D eigenvalue weighted by Gasteiger charge is 2.15. The number of benzene rings is 1. The third-order valence-corrected chi connectivity index (χ3v) is 4.64. The van der Waals surface area contributed by atoms with Gasteiger partial charge in [-0.25, -0.2) is 9.97 Å². The number of hydrogen-bond acceptors (Lipinski definition) is 6. The Kier molecular flexibility index (Phi) is 5.50. The molecule has 1 aromatic heterocycles. The molecule has 0 unspecified atom stereocenters. The van der Waals surface area contributed by atoms with Gasteiger partial charge < -0.3 is 15.5 Å². The fourth-order valence-electron chi connectivity index (χ4n) is 3.24. The Bertz CT molecular complexity index is 736. The first-order chi connectivity index (χ1) is 12.1. The molecule has 1 saturated heterocycles. The summed E-state index contributed by atoms with van der Waals surface area (Å²) < 4.78 is 0. The molecule has 134 valence electrons. The molecule has 1 aliphatic rings. The molecule has 1 atom stereocenters. The zero-order valence-electron chi connectivity index (χ0n) is 15.4. The molecule has 1 fully saturated rings. The highest BCUT2D eigenvalue weighted by molar-refractivity contribution is 5.96. The monoisotopic (exact) mass is 340 g/mol. The number of aromatic nitrogens is 2. The van der Waals surface area contributed by atoms with Gasteiger partial charge in [-0.2, -0.15) is 0 Å². The van der Waals surface area contributed by atoms with Gasteiger partial charge in [0.05, 0.1) is 5.52 Å². The lowest BCUT2D eigenvalue weighted by Crippen LogP contribution is -2.47. The molecule has 2 N–H and O–H groups in total. The molecule has 2 aromatic rings. The second-order valence-electron chi connectivity index (χ2n) is 6.86. The summed E-state index contributed by atoms with van der Waals surface area (Å²) in [5, 5.41) is 8.00. The lowest BCUT2D eigenvalue weighted by molar-refractivity contribution is 0.235. The van der Waals surface area contributed by atoms with E-state index in [9.17, 15) is 0 Å². The van der Waals surface area contributed by atoms with E-state index in [1.807, 2.05) is 25.1 Å². The Morgan fingerprint density at radius 1 is 1.32 bits per heavy atom. The molecule has 1 aliphatic heterocycles. The van der Waals surface area contributed by atoms with E-state index in [1.54, 1.807) is 6.33 Å². The van der Waals surface area contributed by atoms with Crippen molar-refractivity contribution in [1.82, 2.24) is 25.1 Å². The molecule has 0 bridgehead atoms. The molecular weight excluding hydrogens is 312 g/mol.